The lowest BCUT2D eigenvalue weighted by Gasteiger charge is -2.43. The Bertz CT molecular complexity index is 1150. The van der Waals surface area contributed by atoms with Gasteiger partial charge in [-0.25, -0.2) is 0 Å². The van der Waals surface area contributed by atoms with Gasteiger partial charge in [0.05, 0.1) is 18.6 Å². The normalized spacial score (nSPS) is 19.3. The third-order valence-corrected chi connectivity index (χ3v) is 7.33. The Morgan fingerprint density at radius 2 is 1.74 bits per heavy atom. The van der Waals surface area contributed by atoms with Crippen molar-refractivity contribution in [2.45, 2.75) is 78.2 Å². The number of nitrogens with zero attached hydrogens (tertiary/aromatic N) is 2. The summed E-state index contributed by atoms with van der Waals surface area (Å²) in [6.45, 7) is 8.52. The molecule has 0 aliphatic carbocycles. The second-order valence-corrected chi connectivity index (χ2v) is 11.8. The molecule has 1 heterocycles. The summed E-state index contributed by atoms with van der Waals surface area (Å²) in [5, 5.41) is 2.23. The van der Waals surface area contributed by atoms with Crippen molar-refractivity contribution in [1.82, 2.24) is 9.80 Å². The third-order valence-electron chi connectivity index (χ3n) is 7.33. The molecule has 9 heteroatoms. The number of carbonyl (C=O) groups excluding carboxylic acids is 2. The molecule has 0 N–H and O–H groups in total. The lowest BCUT2D eigenvalue weighted by atomic mass is 9.87. The fourth-order valence-corrected chi connectivity index (χ4v) is 5.07. The van der Waals surface area contributed by atoms with E-state index in [9.17, 15) is 22.8 Å². The van der Waals surface area contributed by atoms with Gasteiger partial charge in [0.25, 0.3) is 0 Å². The number of alkyl halides is 3. The van der Waals surface area contributed by atoms with Crippen LogP contribution in [0.5, 0.6) is 5.75 Å². The van der Waals surface area contributed by atoms with Gasteiger partial charge < -0.3 is 19.3 Å². The molecule has 39 heavy (non-hydrogen) atoms. The Morgan fingerprint density at radius 3 is 2.38 bits per heavy atom. The number of ether oxygens (including phenoxy) is 2. The van der Waals surface area contributed by atoms with Crippen LogP contribution in [0.2, 0.25) is 0 Å². The van der Waals surface area contributed by atoms with Gasteiger partial charge in [-0.15, -0.1) is 0 Å². The zero-order chi connectivity index (χ0) is 29.0. The van der Waals surface area contributed by atoms with Crippen LogP contribution < -0.4 is 4.74 Å². The van der Waals surface area contributed by atoms with Gasteiger partial charge in [0, 0.05) is 13.1 Å². The number of fused-ring (bicyclic) bond motifs is 1. The number of benzene rings is 2. The summed E-state index contributed by atoms with van der Waals surface area (Å²) in [5.74, 6) is -0.520. The molecule has 2 unspecified atom stereocenters. The highest BCUT2D eigenvalue weighted by atomic mass is 19.4. The molecule has 1 amide bonds. The summed E-state index contributed by atoms with van der Waals surface area (Å²) in [6.07, 6.45) is -4.80. The number of carbonyl (C=O) groups is 2. The first-order chi connectivity index (χ1) is 18.2. The van der Waals surface area contributed by atoms with Gasteiger partial charge in [-0.2, -0.15) is 13.2 Å². The van der Waals surface area contributed by atoms with Crippen LogP contribution in [-0.4, -0.2) is 67.2 Å². The van der Waals surface area contributed by atoms with Gasteiger partial charge >= 0.3 is 12.1 Å². The average Bonchev–Trinajstić information content (AvgIpc) is 2.85. The van der Waals surface area contributed by atoms with E-state index in [1.807, 2.05) is 25.2 Å². The van der Waals surface area contributed by atoms with E-state index in [-0.39, 0.29) is 12.5 Å². The van der Waals surface area contributed by atoms with Crippen LogP contribution in [0.25, 0.3) is 10.8 Å². The van der Waals surface area contributed by atoms with Crippen molar-refractivity contribution >= 4 is 22.6 Å². The number of esters is 1. The predicted molar refractivity (Wildman–Crippen MR) is 145 cm³/mol. The summed E-state index contributed by atoms with van der Waals surface area (Å²) in [5.41, 5.74) is 0.421. The van der Waals surface area contributed by atoms with E-state index < -0.39 is 42.0 Å². The fraction of sp³-hybridized carbons (Fsp3) is 0.600. The number of halogens is 3. The van der Waals surface area contributed by atoms with Crippen LogP contribution in [-0.2, 0) is 20.9 Å². The van der Waals surface area contributed by atoms with Crippen LogP contribution in [0.1, 0.15) is 58.9 Å². The lowest BCUT2D eigenvalue weighted by Crippen LogP contribution is -2.53. The topological polar surface area (TPSA) is 59.1 Å². The van der Waals surface area contributed by atoms with Crippen molar-refractivity contribution in [3.63, 3.8) is 0 Å². The largest absolute Gasteiger partial charge is 0.497 e. The van der Waals surface area contributed by atoms with Crippen molar-refractivity contribution in [2.24, 2.45) is 11.3 Å². The molecule has 1 aliphatic rings. The Hall–Kier alpha value is -2.81. The second-order valence-electron chi connectivity index (χ2n) is 11.8. The molecule has 1 fully saturated rings. The molecular weight excluding hydrogens is 509 g/mol. The van der Waals surface area contributed by atoms with Gasteiger partial charge in [-0.3, -0.25) is 9.59 Å². The molecule has 0 spiro atoms. The molecule has 1 aliphatic heterocycles. The van der Waals surface area contributed by atoms with Crippen molar-refractivity contribution < 1.29 is 32.2 Å². The zero-order valence-electron chi connectivity index (χ0n) is 23.8. The number of rotatable bonds is 9. The molecule has 6 nitrogen and oxygen atoms in total. The van der Waals surface area contributed by atoms with Crippen LogP contribution in [0.15, 0.2) is 36.4 Å². The first kappa shape index (κ1) is 30.7. The Kier molecular flexibility index (Phi) is 9.91. The summed E-state index contributed by atoms with van der Waals surface area (Å²) in [7, 11) is 3.66. The molecule has 0 bridgehead atoms. The van der Waals surface area contributed by atoms with E-state index in [0.717, 1.165) is 48.0 Å². The van der Waals surface area contributed by atoms with Crippen LogP contribution in [0, 0.1) is 11.3 Å². The van der Waals surface area contributed by atoms with Gasteiger partial charge in [0.2, 0.25) is 5.91 Å². The number of likely N-dealkylation sites (tertiary alicyclic amines) is 1. The van der Waals surface area contributed by atoms with Crippen LogP contribution in [0.3, 0.4) is 0 Å². The SMILES string of the molecule is COc1ccc2cc(CN(C)CCC3CCC([C@H](C)OC(=O)C(C)(C)C)N(C(=O)CC(F)(F)F)C3)ccc2c1. The van der Waals surface area contributed by atoms with Gasteiger partial charge in [0.15, 0.2) is 0 Å². The highest BCUT2D eigenvalue weighted by Crippen LogP contribution is 2.31. The highest BCUT2D eigenvalue weighted by Gasteiger charge is 2.41. The molecule has 0 saturated carbocycles. The quantitative estimate of drug-likeness (QED) is 0.348. The maximum atomic E-state index is 13.1. The minimum Gasteiger partial charge on any atom is -0.497 e. The standard InChI is InChI=1S/C30H41F3N2O4/c1-20(39-28(37)29(2,3)4)26-12-8-21(19-35(26)27(36)17-30(31,32)33)13-14-34(5)18-22-7-9-24-16-25(38-6)11-10-23(24)15-22/h7,9-11,15-16,20-21,26H,8,12-14,17-19H2,1-6H3/t20-,21?,26?/m0/s1. The molecule has 216 valence electrons. The van der Waals surface area contributed by atoms with E-state index in [1.165, 1.54) is 4.90 Å². The van der Waals surface area contributed by atoms with E-state index >= 15 is 0 Å². The summed E-state index contributed by atoms with van der Waals surface area (Å²) < 4.78 is 50.2. The fourth-order valence-electron chi connectivity index (χ4n) is 5.07. The zero-order valence-corrected chi connectivity index (χ0v) is 23.8. The molecule has 2 aromatic carbocycles. The Morgan fingerprint density at radius 1 is 1.08 bits per heavy atom. The number of hydrogen-bond donors (Lipinski definition) is 0. The minimum atomic E-state index is -4.59. The lowest BCUT2D eigenvalue weighted by molar-refractivity contribution is -0.174. The van der Waals surface area contributed by atoms with E-state index in [1.54, 1.807) is 34.8 Å². The molecule has 3 atom stereocenters. The monoisotopic (exact) mass is 550 g/mol. The number of methoxy groups -OCH3 is 1. The predicted octanol–water partition coefficient (Wildman–Crippen LogP) is 6.21. The van der Waals surface area contributed by atoms with Gasteiger partial charge in [-0.05, 0) is 101 Å². The summed E-state index contributed by atoms with van der Waals surface area (Å²) in [6, 6.07) is 11.7. The molecule has 0 radical (unpaired) electrons. The van der Waals surface area contributed by atoms with Crippen LogP contribution >= 0.6 is 0 Å². The molecular formula is C30H41F3N2O4. The highest BCUT2D eigenvalue weighted by molar-refractivity contribution is 5.84. The first-order valence-corrected chi connectivity index (χ1v) is 13.5. The van der Waals surface area contributed by atoms with Crippen LogP contribution in [0.4, 0.5) is 13.2 Å². The van der Waals surface area contributed by atoms with E-state index in [0.29, 0.717) is 6.42 Å². The first-order valence-electron chi connectivity index (χ1n) is 13.5. The van der Waals surface area contributed by atoms with Crippen molar-refractivity contribution in [3.8, 4) is 5.75 Å². The van der Waals surface area contributed by atoms with Gasteiger partial charge in [0.1, 0.15) is 18.3 Å². The smallest absolute Gasteiger partial charge is 0.397 e. The summed E-state index contributed by atoms with van der Waals surface area (Å²) >= 11 is 0. The number of piperidine rings is 1. The average molecular weight is 551 g/mol. The van der Waals surface area contributed by atoms with Crippen molar-refractivity contribution in [3.05, 3.63) is 42.0 Å². The molecule has 3 rings (SSSR count). The van der Waals surface area contributed by atoms with Crippen molar-refractivity contribution in [1.29, 1.82) is 0 Å². The maximum Gasteiger partial charge on any atom is 0.397 e. The molecule has 1 saturated heterocycles. The second kappa shape index (κ2) is 12.6. The van der Waals surface area contributed by atoms with E-state index in [2.05, 4.69) is 23.1 Å². The van der Waals surface area contributed by atoms with Gasteiger partial charge in [-0.1, -0.05) is 18.2 Å². The third kappa shape index (κ3) is 8.85. The van der Waals surface area contributed by atoms with Crippen molar-refractivity contribution in [2.75, 3.05) is 27.2 Å². The summed E-state index contributed by atoms with van der Waals surface area (Å²) in [4.78, 5) is 28.6. The number of hydrogen-bond acceptors (Lipinski definition) is 5. The number of amides is 1. The van der Waals surface area contributed by atoms with E-state index in [4.69, 9.17) is 9.47 Å². The Labute approximate surface area is 229 Å². The Balaban J connectivity index is 1.61. The molecule has 2 aromatic rings. The minimum absolute atomic E-state index is 0.0652. The molecule has 0 aromatic heterocycles. The maximum absolute atomic E-state index is 13.1.